The number of pyridine rings is 1. The average Bonchev–Trinajstić information content (AvgIpc) is 3.37. The summed E-state index contributed by atoms with van der Waals surface area (Å²) >= 11 is 8.22. The van der Waals surface area contributed by atoms with Gasteiger partial charge < -0.3 is 9.47 Å². The van der Waals surface area contributed by atoms with Crippen molar-refractivity contribution in [3.63, 3.8) is 0 Å². The van der Waals surface area contributed by atoms with Gasteiger partial charge in [0.25, 0.3) is 6.47 Å². The van der Waals surface area contributed by atoms with Crippen LogP contribution in [0.2, 0.25) is 5.02 Å². The maximum atomic E-state index is 10.4. The molecule has 0 saturated heterocycles. The monoisotopic (exact) mass is 389 g/mol. The van der Waals surface area contributed by atoms with Gasteiger partial charge in [-0.25, -0.2) is 4.98 Å². The molecular weight excluding hydrogens is 370 g/mol. The molecule has 0 N–H and O–H groups in total. The van der Waals surface area contributed by atoms with Gasteiger partial charge in [-0.3, -0.25) is 4.79 Å². The fourth-order valence-corrected chi connectivity index (χ4v) is 4.50. The number of carbonyl (C=O) groups excluding carboxylic acids is 1. The Bertz CT molecular complexity index is 796. The molecular formula is C20H20ClNO3S. The summed E-state index contributed by atoms with van der Waals surface area (Å²) in [6.07, 6.45) is 4.74. The highest BCUT2D eigenvalue weighted by Crippen LogP contribution is 2.44. The molecule has 4 nitrogen and oxygen atoms in total. The van der Waals surface area contributed by atoms with Crippen LogP contribution in [0.3, 0.4) is 0 Å². The van der Waals surface area contributed by atoms with Crippen LogP contribution in [-0.2, 0) is 16.1 Å². The number of hydrogen-bond donors (Lipinski definition) is 0. The second kappa shape index (κ2) is 7.89. The first-order valence-corrected chi connectivity index (χ1v) is 10.1. The Labute approximate surface area is 162 Å². The summed E-state index contributed by atoms with van der Waals surface area (Å²) in [6, 6.07) is 11.8. The van der Waals surface area contributed by atoms with E-state index < -0.39 is 0 Å². The lowest BCUT2D eigenvalue weighted by atomic mass is 10.0. The topological polar surface area (TPSA) is 48.4 Å². The van der Waals surface area contributed by atoms with Crippen molar-refractivity contribution in [1.29, 1.82) is 0 Å². The van der Waals surface area contributed by atoms with E-state index in [0.717, 1.165) is 28.0 Å². The van der Waals surface area contributed by atoms with Crippen LogP contribution in [-0.4, -0.2) is 22.8 Å². The normalized spacial score (nSPS) is 21.7. The van der Waals surface area contributed by atoms with Crippen LogP contribution in [0.1, 0.15) is 42.9 Å². The number of hydrogen-bond acceptors (Lipinski definition) is 5. The number of nitrogens with zero attached hydrogens (tertiary/aromatic N) is 1. The van der Waals surface area contributed by atoms with Gasteiger partial charge >= 0.3 is 0 Å². The molecule has 1 aromatic heterocycles. The van der Waals surface area contributed by atoms with E-state index in [9.17, 15) is 4.79 Å². The molecule has 0 spiro atoms. The summed E-state index contributed by atoms with van der Waals surface area (Å²) in [6.45, 7) is 0.895. The lowest BCUT2D eigenvalue weighted by molar-refractivity contribution is -0.129. The van der Waals surface area contributed by atoms with Crippen LogP contribution in [0.5, 0.6) is 5.75 Å². The Morgan fingerprint density at radius 1 is 1.27 bits per heavy atom. The SMILES string of the molecule is O=COC1CC1c1ccc(OCc2cccc(SC3CCC3)n2)c(Cl)c1. The Hall–Kier alpha value is -1.72. The van der Waals surface area contributed by atoms with E-state index in [1.165, 1.54) is 19.3 Å². The Morgan fingerprint density at radius 2 is 2.15 bits per heavy atom. The van der Waals surface area contributed by atoms with Gasteiger partial charge in [0.2, 0.25) is 0 Å². The minimum absolute atomic E-state index is 0.0181. The molecule has 136 valence electrons. The number of rotatable bonds is 8. The van der Waals surface area contributed by atoms with E-state index in [2.05, 4.69) is 11.1 Å². The van der Waals surface area contributed by atoms with Crippen LogP contribution < -0.4 is 4.74 Å². The van der Waals surface area contributed by atoms with E-state index in [-0.39, 0.29) is 12.0 Å². The maximum absolute atomic E-state index is 10.4. The molecule has 2 aliphatic rings. The molecule has 2 atom stereocenters. The van der Waals surface area contributed by atoms with Crippen molar-refractivity contribution in [1.82, 2.24) is 4.98 Å². The third kappa shape index (κ3) is 4.15. The largest absolute Gasteiger partial charge is 0.486 e. The van der Waals surface area contributed by atoms with Crippen molar-refractivity contribution in [2.45, 2.75) is 54.6 Å². The van der Waals surface area contributed by atoms with E-state index >= 15 is 0 Å². The van der Waals surface area contributed by atoms with Gasteiger partial charge in [-0.15, -0.1) is 11.8 Å². The zero-order chi connectivity index (χ0) is 17.9. The lowest BCUT2D eigenvalue weighted by Crippen LogP contribution is -2.13. The predicted molar refractivity (Wildman–Crippen MR) is 102 cm³/mol. The fraction of sp³-hybridized carbons (Fsp3) is 0.400. The van der Waals surface area contributed by atoms with Crippen molar-refractivity contribution < 1.29 is 14.3 Å². The molecule has 1 aromatic carbocycles. The van der Waals surface area contributed by atoms with Crippen LogP contribution in [0.4, 0.5) is 0 Å². The van der Waals surface area contributed by atoms with Crippen molar-refractivity contribution in [2.24, 2.45) is 0 Å². The first-order chi connectivity index (χ1) is 12.7. The smallest absolute Gasteiger partial charge is 0.293 e. The Morgan fingerprint density at radius 3 is 2.88 bits per heavy atom. The zero-order valence-corrected chi connectivity index (χ0v) is 15.8. The minimum atomic E-state index is -0.0181. The molecule has 0 aliphatic heterocycles. The van der Waals surface area contributed by atoms with E-state index in [4.69, 9.17) is 21.1 Å². The van der Waals surface area contributed by atoms with Gasteiger partial charge in [-0.2, -0.15) is 0 Å². The molecule has 0 radical (unpaired) electrons. The van der Waals surface area contributed by atoms with Crippen LogP contribution in [0.25, 0.3) is 0 Å². The minimum Gasteiger partial charge on any atom is -0.486 e. The zero-order valence-electron chi connectivity index (χ0n) is 14.3. The summed E-state index contributed by atoms with van der Waals surface area (Å²) in [5.74, 6) is 0.886. The Kier molecular flexibility index (Phi) is 5.36. The van der Waals surface area contributed by atoms with Crippen molar-refractivity contribution >= 4 is 29.8 Å². The molecule has 2 unspecified atom stereocenters. The van der Waals surface area contributed by atoms with Gasteiger partial charge in [0, 0.05) is 11.2 Å². The summed E-state index contributed by atoms with van der Waals surface area (Å²) < 4.78 is 10.8. The second-order valence-electron chi connectivity index (χ2n) is 6.73. The van der Waals surface area contributed by atoms with Crippen LogP contribution in [0.15, 0.2) is 41.4 Å². The standard InChI is InChI=1S/C20H20ClNO3S/c21-17-9-13(16-10-19(16)25-12-23)7-8-18(17)24-11-14-3-1-6-20(22-14)26-15-4-2-5-15/h1,3,6-9,12,15-16,19H,2,4-5,10-11H2. The average molecular weight is 390 g/mol. The third-order valence-electron chi connectivity index (χ3n) is 4.84. The molecule has 4 rings (SSSR count). The highest BCUT2D eigenvalue weighted by Gasteiger charge is 2.40. The number of thioether (sulfide) groups is 1. The van der Waals surface area contributed by atoms with E-state index in [1.807, 2.05) is 42.1 Å². The highest BCUT2D eigenvalue weighted by atomic mass is 35.5. The first kappa shape index (κ1) is 17.7. The van der Waals surface area contributed by atoms with E-state index in [0.29, 0.717) is 23.9 Å². The number of benzene rings is 1. The predicted octanol–water partition coefficient (Wildman–Crippen LogP) is 4.99. The lowest BCUT2D eigenvalue weighted by Gasteiger charge is -2.24. The number of carbonyl (C=O) groups is 1. The number of aromatic nitrogens is 1. The number of halogens is 1. The van der Waals surface area contributed by atoms with Crippen molar-refractivity contribution in [3.05, 3.63) is 52.7 Å². The quantitative estimate of drug-likeness (QED) is 0.595. The van der Waals surface area contributed by atoms with Crippen LogP contribution >= 0.6 is 23.4 Å². The second-order valence-corrected chi connectivity index (χ2v) is 8.46. The molecule has 26 heavy (non-hydrogen) atoms. The molecule has 2 aliphatic carbocycles. The van der Waals surface area contributed by atoms with Crippen LogP contribution in [0, 0.1) is 0 Å². The molecule has 0 bridgehead atoms. The molecule has 6 heteroatoms. The van der Waals surface area contributed by atoms with E-state index in [1.54, 1.807) is 0 Å². The van der Waals surface area contributed by atoms with Gasteiger partial charge in [-0.1, -0.05) is 30.2 Å². The van der Waals surface area contributed by atoms with Gasteiger partial charge in [0.05, 0.1) is 15.7 Å². The van der Waals surface area contributed by atoms with Crippen molar-refractivity contribution in [3.8, 4) is 5.75 Å². The number of ether oxygens (including phenoxy) is 2. The highest BCUT2D eigenvalue weighted by molar-refractivity contribution is 7.99. The van der Waals surface area contributed by atoms with Gasteiger partial charge in [0.1, 0.15) is 18.5 Å². The third-order valence-corrected chi connectivity index (χ3v) is 6.41. The van der Waals surface area contributed by atoms with Gasteiger partial charge in [-0.05, 0) is 49.1 Å². The summed E-state index contributed by atoms with van der Waals surface area (Å²) in [4.78, 5) is 15.1. The molecule has 2 aromatic rings. The summed E-state index contributed by atoms with van der Waals surface area (Å²) in [5.41, 5.74) is 1.97. The Balaban J connectivity index is 1.35. The first-order valence-electron chi connectivity index (χ1n) is 8.87. The molecule has 2 saturated carbocycles. The fourth-order valence-electron chi connectivity index (χ4n) is 3.02. The van der Waals surface area contributed by atoms with Gasteiger partial charge in [0.15, 0.2) is 0 Å². The molecule has 2 fully saturated rings. The molecule has 1 heterocycles. The summed E-state index contributed by atoms with van der Waals surface area (Å²) in [5, 5.41) is 2.35. The molecule has 0 amide bonds. The van der Waals surface area contributed by atoms with Crippen molar-refractivity contribution in [2.75, 3.05) is 0 Å². The summed E-state index contributed by atoms with van der Waals surface area (Å²) in [7, 11) is 0. The maximum Gasteiger partial charge on any atom is 0.293 e.